The Bertz CT molecular complexity index is 881. The molecule has 4 nitrogen and oxygen atoms in total. The normalized spacial score (nSPS) is 12.4. The van der Waals surface area contributed by atoms with Crippen molar-refractivity contribution < 1.29 is 9.59 Å². The zero-order valence-electron chi connectivity index (χ0n) is 18.8. The van der Waals surface area contributed by atoms with Gasteiger partial charge in [-0.25, -0.2) is 0 Å². The maximum Gasteiger partial charge on any atom is 0.242 e. The van der Waals surface area contributed by atoms with Crippen LogP contribution in [0.2, 0.25) is 0 Å². The number of carbonyl (C=O) groups is 2. The van der Waals surface area contributed by atoms with E-state index in [4.69, 9.17) is 0 Å². The number of hydrogen-bond donors (Lipinski definition) is 1. The molecule has 0 aliphatic carbocycles. The summed E-state index contributed by atoms with van der Waals surface area (Å²) in [5.74, 6) is -0.187. The molecule has 1 N–H and O–H groups in total. The predicted octanol–water partition coefficient (Wildman–Crippen LogP) is 4.49. The Morgan fingerprint density at radius 3 is 2.21 bits per heavy atom. The summed E-state index contributed by atoms with van der Waals surface area (Å²) in [5.41, 5.74) is 5.15. The molecule has 0 bridgehead atoms. The van der Waals surface area contributed by atoms with Gasteiger partial charge in [0.05, 0.1) is 6.42 Å². The standard InChI is InChI=1S/C25H34N2O2/c1-17-12-13-21(14-19(17)3)15-23(28)27(16-22-11-9-8-10-18(22)2)20(4)24(29)26-25(5,6)7/h8-14,20H,15-16H2,1-7H3,(H,26,29)/t20-/m0/s1. The number of aryl methyl sites for hydroxylation is 3. The zero-order chi connectivity index (χ0) is 21.8. The van der Waals surface area contributed by atoms with Crippen LogP contribution in [0.3, 0.4) is 0 Å². The average Bonchev–Trinajstić information content (AvgIpc) is 2.62. The van der Waals surface area contributed by atoms with Gasteiger partial charge in [-0.05, 0) is 76.3 Å². The predicted molar refractivity (Wildman–Crippen MR) is 119 cm³/mol. The van der Waals surface area contributed by atoms with Crippen molar-refractivity contribution in [3.8, 4) is 0 Å². The Hall–Kier alpha value is -2.62. The summed E-state index contributed by atoms with van der Waals surface area (Å²) in [6.45, 7) is 14.2. The number of amides is 2. The van der Waals surface area contributed by atoms with Gasteiger partial charge in [0.2, 0.25) is 11.8 Å². The van der Waals surface area contributed by atoms with Gasteiger partial charge < -0.3 is 10.2 Å². The van der Waals surface area contributed by atoms with Crippen LogP contribution < -0.4 is 5.32 Å². The highest BCUT2D eigenvalue weighted by Crippen LogP contribution is 2.17. The first kappa shape index (κ1) is 22.7. The molecule has 29 heavy (non-hydrogen) atoms. The first-order valence-corrected chi connectivity index (χ1v) is 10.2. The second kappa shape index (κ2) is 9.25. The molecule has 4 heteroatoms. The van der Waals surface area contributed by atoms with Crippen LogP contribution in [0.15, 0.2) is 42.5 Å². The van der Waals surface area contributed by atoms with E-state index in [2.05, 4.69) is 18.3 Å². The van der Waals surface area contributed by atoms with Gasteiger partial charge in [-0.15, -0.1) is 0 Å². The molecule has 2 aromatic carbocycles. The molecule has 0 unspecified atom stereocenters. The molecule has 0 saturated heterocycles. The Morgan fingerprint density at radius 2 is 1.62 bits per heavy atom. The van der Waals surface area contributed by atoms with E-state index in [9.17, 15) is 9.59 Å². The third-order valence-corrected chi connectivity index (χ3v) is 5.19. The molecular formula is C25H34N2O2. The third kappa shape index (κ3) is 6.45. The fourth-order valence-electron chi connectivity index (χ4n) is 3.22. The molecular weight excluding hydrogens is 360 g/mol. The minimum atomic E-state index is -0.562. The van der Waals surface area contributed by atoms with Crippen LogP contribution in [0.1, 0.15) is 55.5 Å². The van der Waals surface area contributed by atoms with E-state index in [0.717, 1.165) is 16.7 Å². The lowest BCUT2D eigenvalue weighted by atomic mass is 10.0. The number of carbonyl (C=O) groups excluding carboxylic acids is 2. The van der Waals surface area contributed by atoms with E-state index < -0.39 is 6.04 Å². The van der Waals surface area contributed by atoms with Crippen LogP contribution in [0.5, 0.6) is 0 Å². The monoisotopic (exact) mass is 394 g/mol. The van der Waals surface area contributed by atoms with Crippen LogP contribution >= 0.6 is 0 Å². The van der Waals surface area contributed by atoms with E-state index >= 15 is 0 Å². The van der Waals surface area contributed by atoms with Crippen LogP contribution in [0.4, 0.5) is 0 Å². The molecule has 1 atom stereocenters. The fourth-order valence-corrected chi connectivity index (χ4v) is 3.22. The molecule has 0 aliphatic heterocycles. The quantitative estimate of drug-likeness (QED) is 0.785. The summed E-state index contributed by atoms with van der Waals surface area (Å²) in [4.78, 5) is 27.8. The minimum Gasteiger partial charge on any atom is -0.350 e. The molecule has 0 aromatic heterocycles. The Balaban J connectivity index is 2.29. The molecule has 0 saturated carbocycles. The number of nitrogens with zero attached hydrogens (tertiary/aromatic N) is 1. The molecule has 0 spiro atoms. The van der Waals surface area contributed by atoms with Crippen LogP contribution in [0, 0.1) is 20.8 Å². The van der Waals surface area contributed by atoms with E-state index in [0.29, 0.717) is 6.54 Å². The van der Waals surface area contributed by atoms with Gasteiger partial charge in [-0.2, -0.15) is 0 Å². The Morgan fingerprint density at radius 1 is 0.966 bits per heavy atom. The largest absolute Gasteiger partial charge is 0.350 e. The summed E-state index contributed by atoms with van der Waals surface area (Å²) >= 11 is 0. The first-order chi connectivity index (χ1) is 13.5. The highest BCUT2D eigenvalue weighted by Gasteiger charge is 2.28. The molecule has 0 aliphatic rings. The van der Waals surface area contributed by atoms with Gasteiger partial charge in [0.15, 0.2) is 0 Å². The lowest BCUT2D eigenvalue weighted by Gasteiger charge is -2.32. The van der Waals surface area contributed by atoms with Crippen molar-refractivity contribution >= 4 is 11.8 Å². The van der Waals surface area contributed by atoms with Crippen molar-refractivity contribution in [1.29, 1.82) is 0 Å². The van der Waals surface area contributed by atoms with Gasteiger partial charge in [0, 0.05) is 12.1 Å². The maximum absolute atomic E-state index is 13.3. The average molecular weight is 395 g/mol. The third-order valence-electron chi connectivity index (χ3n) is 5.19. The van der Waals surface area contributed by atoms with Crippen molar-refractivity contribution in [3.63, 3.8) is 0 Å². The first-order valence-electron chi connectivity index (χ1n) is 10.2. The minimum absolute atomic E-state index is 0.0481. The van der Waals surface area contributed by atoms with Gasteiger partial charge >= 0.3 is 0 Å². The molecule has 0 radical (unpaired) electrons. The number of benzene rings is 2. The second-order valence-corrected chi connectivity index (χ2v) is 8.96. The second-order valence-electron chi connectivity index (χ2n) is 8.96. The van der Waals surface area contributed by atoms with Crippen molar-refractivity contribution in [3.05, 3.63) is 70.3 Å². The summed E-state index contributed by atoms with van der Waals surface area (Å²) in [5, 5.41) is 3.00. The van der Waals surface area contributed by atoms with Crippen molar-refractivity contribution in [2.45, 2.75) is 73.0 Å². The molecule has 2 rings (SSSR count). The van der Waals surface area contributed by atoms with E-state index in [-0.39, 0.29) is 23.8 Å². The lowest BCUT2D eigenvalue weighted by Crippen LogP contribution is -2.52. The molecule has 2 aromatic rings. The number of nitrogens with one attached hydrogen (secondary N) is 1. The van der Waals surface area contributed by atoms with Gasteiger partial charge in [-0.1, -0.05) is 42.5 Å². The zero-order valence-corrected chi connectivity index (χ0v) is 18.8. The van der Waals surface area contributed by atoms with E-state index in [1.54, 1.807) is 11.8 Å². The molecule has 0 fully saturated rings. The summed E-state index contributed by atoms with van der Waals surface area (Å²) < 4.78 is 0. The topological polar surface area (TPSA) is 49.4 Å². The summed E-state index contributed by atoms with van der Waals surface area (Å²) in [6.07, 6.45) is 0.278. The van der Waals surface area contributed by atoms with Gasteiger partial charge in [-0.3, -0.25) is 9.59 Å². The molecule has 2 amide bonds. The number of rotatable bonds is 6. The highest BCUT2D eigenvalue weighted by molar-refractivity contribution is 5.88. The van der Waals surface area contributed by atoms with Crippen LogP contribution in [0.25, 0.3) is 0 Å². The fraction of sp³-hybridized carbons (Fsp3) is 0.440. The van der Waals surface area contributed by atoms with Gasteiger partial charge in [0.25, 0.3) is 0 Å². The Kier molecular flexibility index (Phi) is 7.23. The lowest BCUT2D eigenvalue weighted by molar-refractivity contribution is -0.140. The van der Waals surface area contributed by atoms with Crippen LogP contribution in [-0.4, -0.2) is 28.3 Å². The summed E-state index contributed by atoms with van der Waals surface area (Å²) in [7, 11) is 0. The van der Waals surface area contributed by atoms with Crippen molar-refractivity contribution in [2.24, 2.45) is 0 Å². The summed E-state index contributed by atoms with van der Waals surface area (Å²) in [6, 6.07) is 13.5. The van der Waals surface area contributed by atoms with Crippen molar-refractivity contribution in [1.82, 2.24) is 10.2 Å². The SMILES string of the molecule is Cc1ccc(CC(=O)N(Cc2ccccc2C)[C@@H](C)C(=O)NC(C)(C)C)cc1C. The van der Waals surface area contributed by atoms with Crippen LogP contribution in [-0.2, 0) is 22.6 Å². The maximum atomic E-state index is 13.3. The highest BCUT2D eigenvalue weighted by atomic mass is 16.2. The van der Waals surface area contributed by atoms with E-state index in [1.807, 2.05) is 71.0 Å². The van der Waals surface area contributed by atoms with E-state index in [1.165, 1.54) is 11.1 Å². The van der Waals surface area contributed by atoms with Gasteiger partial charge in [0.1, 0.15) is 6.04 Å². The molecule has 0 heterocycles. The smallest absolute Gasteiger partial charge is 0.242 e. The Labute approximate surface area is 175 Å². The van der Waals surface area contributed by atoms with Crippen molar-refractivity contribution in [2.75, 3.05) is 0 Å². The number of hydrogen-bond acceptors (Lipinski definition) is 2. The molecule has 156 valence electrons.